The minimum absolute atomic E-state index is 0.0104. The molecule has 6 rings (SSSR count). The lowest BCUT2D eigenvalue weighted by atomic mass is 9.83. The lowest BCUT2D eigenvalue weighted by Crippen LogP contribution is -2.50. The predicted molar refractivity (Wildman–Crippen MR) is 136 cm³/mol. The fraction of sp³-hybridized carbons (Fsp3) is 0.320. The van der Waals surface area contributed by atoms with Crippen molar-refractivity contribution in [2.75, 3.05) is 25.0 Å². The molecule has 2 bridgehead atoms. The molecule has 0 radical (unpaired) electrons. The van der Waals surface area contributed by atoms with E-state index in [1.165, 1.54) is 0 Å². The molecule has 5 heterocycles. The van der Waals surface area contributed by atoms with Crippen molar-refractivity contribution in [3.63, 3.8) is 0 Å². The molecule has 3 amide bonds. The second kappa shape index (κ2) is 9.23. The van der Waals surface area contributed by atoms with Crippen molar-refractivity contribution in [3.8, 4) is 0 Å². The molecule has 0 spiro atoms. The van der Waals surface area contributed by atoms with Gasteiger partial charge in [0.2, 0.25) is 0 Å². The number of nitrogens with one attached hydrogen (secondary N) is 3. The Morgan fingerprint density at radius 1 is 1.11 bits per heavy atom. The number of urea groups is 1. The van der Waals surface area contributed by atoms with Crippen LogP contribution in [0.5, 0.6) is 0 Å². The van der Waals surface area contributed by atoms with E-state index >= 15 is 0 Å². The molecule has 2 aliphatic heterocycles. The number of aromatic amines is 1. The average molecular weight is 504 g/mol. The highest BCUT2D eigenvalue weighted by atomic mass is 32.1. The van der Waals surface area contributed by atoms with Crippen LogP contribution in [0.4, 0.5) is 9.80 Å². The van der Waals surface area contributed by atoms with Gasteiger partial charge in [-0.2, -0.15) is 0 Å². The van der Waals surface area contributed by atoms with Gasteiger partial charge < -0.3 is 19.8 Å². The molecule has 2 atom stereocenters. The Bertz CT molecular complexity index is 1510. The smallest absolute Gasteiger partial charge is 0.322 e. The number of carbonyl (C=O) groups excluding carboxylic acids is 2. The summed E-state index contributed by atoms with van der Waals surface area (Å²) >= 11 is 0.984. The van der Waals surface area contributed by atoms with Crippen LogP contribution >= 0.6 is 11.5 Å². The van der Waals surface area contributed by atoms with Crippen molar-refractivity contribution < 1.29 is 9.59 Å². The summed E-state index contributed by atoms with van der Waals surface area (Å²) in [6, 6.07) is 13.1. The lowest BCUT2D eigenvalue weighted by Gasteiger charge is -2.42. The summed E-state index contributed by atoms with van der Waals surface area (Å²) in [5.41, 5.74) is 3.28. The van der Waals surface area contributed by atoms with Gasteiger partial charge >= 0.3 is 6.03 Å². The van der Waals surface area contributed by atoms with Gasteiger partial charge in [0, 0.05) is 72.5 Å². The van der Waals surface area contributed by atoms with Gasteiger partial charge in [-0.3, -0.25) is 14.9 Å². The molecular formula is C25H25N7O3S. The number of rotatable bonds is 5. The Balaban J connectivity index is 1.08. The number of carbonyl (C=O) groups is 2. The third-order valence-corrected chi connectivity index (χ3v) is 7.69. The van der Waals surface area contributed by atoms with E-state index < -0.39 is 0 Å². The number of hydrogen-bond donors (Lipinski definition) is 3. The van der Waals surface area contributed by atoms with Gasteiger partial charge in [-0.1, -0.05) is 28.8 Å². The third-order valence-electron chi connectivity index (χ3n) is 7.05. The second-order valence-corrected chi connectivity index (χ2v) is 10.1. The quantitative estimate of drug-likeness (QED) is 0.386. The molecule has 1 saturated heterocycles. The van der Waals surface area contributed by atoms with Crippen LogP contribution in [0.1, 0.15) is 34.1 Å². The monoisotopic (exact) mass is 503 g/mol. The van der Waals surface area contributed by atoms with E-state index in [0.717, 1.165) is 40.1 Å². The van der Waals surface area contributed by atoms with Gasteiger partial charge in [0.15, 0.2) is 10.7 Å². The molecule has 4 aromatic rings. The zero-order chi connectivity index (χ0) is 24.6. The highest BCUT2D eigenvalue weighted by Gasteiger charge is 2.36. The number of nitrogens with zero attached hydrogens (tertiary/aromatic N) is 4. The van der Waals surface area contributed by atoms with E-state index in [4.69, 9.17) is 0 Å². The number of hydrogen-bond acceptors (Lipinski definition) is 6. The number of piperidine rings is 1. The van der Waals surface area contributed by atoms with Gasteiger partial charge in [-0.05, 0) is 36.5 Å². The van der Waals surface area contributed by atoms with E-state index in [2.05, 4.69) is 25.2 Å². The summed E-state index contributed by atoms with van der Waals surface area (Å²) in [6.07, 6.45) is 3.57. The Labute approximate surface area is 210 Å². The molecule has 2 aliphatic rings. The average Bonchev–Trinajstić information content (AvgIpc) is 3.52. The SMILES string of the molecule is O=C(NCCc1c[nH]c2ccccc12)c1nnsc1NC(=O)N1C[C@@H]2C[C@H](C1)c1cccc(=O)n1C2. The molecule has 0 aliphatic carbocycles. The Morgan fingerprint density at radius 2 is 2.00 bits per heavy atom. The van der Waals surface area contributed by atoms with Crippen LogP contribution in [0.15, 0.2) is 53.5 Å². The maximum Gasteiger partial charge on any atom is 0.322 e. The highest BCUT2D eigenvalue weighted by molar-refractivity contribution is 7.10. The number of benzene rings is 1. The molecule has 1 aromatic carbocycles. The Morgan fingerprint density at radius 3 is 2.92 bits per heavy atom. The maximum absolute atomic E-state index is 13.1. The summed E-state index contributed by atoms with van der Waals surface area (Å²) in [5.74, 6) is -0.0410. The highest BCUT2D eigenvalue weighted by Crippen LogP contribution is 2.35. The van der Waals surface area contributed by atoms with Crippen LogP contribution < -0.4 is 16.2 Å². The molecule has 11 heteroatoms. The molecule has 184 valence electrons. The molecular weight excluding hydrogens is 478 g/mol. The van der Waals surface area contributed by atoms with Gasteiger partial charge in [0.05, 0.1) is 0 Å². The number of aromatic nitrogens is 4. The zero-order valence-corrected chi connectivity index (χ0v) is 20.3. The standard InChI is InChI=1S/C25H25N7O3S/c33-21-7-3-6-20-17-10-15(13-32(20)21)12-31(14-17)25(35)28-24-22(29-30-36-24)23(34)26-9-8-16-11-27-19-5-2-1-4-18(16)19/h1-7,11,15,17,27H,8-10,12-14H2,(H,26,34)(H,28,35)/t15-,17+/m0/s1. The van der Waals surface area contributed by atoms with E-state index in [0.29, 0.717) is 37.6 Å². The fourth-order valence-corrected chi connectivity index (χ4v) is 5.95. The first-order chi connectivity index (χ1) is 17.6. The Hall–Kier alpha value is -3.99. The number of H-pyrrole nitrogens is 1. The van der Waals surface area contributed by atoms with E-state index in [-0.39, 0.29) is 35.0 Å². The third kappa shape index (κ3) is 4.15. The number of likely N-dealkylation sites (tertiary alicyclic amines) is 1. The van der Waals surface area contributed by atoms with Gasteiger partial charge in [0.1, 0.15) is 0 Å². The number of pyridine rings is 1. The topological polar surface area (TPSA) is 125 Å². The number of para-hydroxylation sites is 1. The summed E-state index contributed by atoms with van der Waals surface area (Å²) in [4.78, 5) is 43.1. The lowest BCUT2D eigenvalue weighted by molar-refractivity contribution is 0.0950. The number of amides is 3. The van der Waals surface area contributed by atoms with Crippen molar-refractivity contribution in [2.24, 2.45) is 5.92 Å². The summed E-state index contributed by atoms with van der Waals surface area (Å²) < 4.78 is 5.72. The van der Waals surface area contributed by atoms with E-state index in [1.54, 1.807) is 17.0 Å². The first kappa shape index (κ1) is 22.5. The van der Waals surface area contributed by atoms with Crippen molar-refractivity contribution in [3.05, 3.63) is 76.0 Å². The summed E-state index contributed by atoms with van der Waals surface area (Å²) in [7, 11) is 0. The normalized spacial score (nSPS) is 18.6. The van der Waals surface area contributed by atoms with Crippen LogP contribution in [0.25, 0.3) is 10.9 Å². The van der Waals surface area contributed by atoms with Crippen LogP contribution in [0, 0.1) is 5.92 Å². The first-order valence-electron chi connectivity index (χ1n) is 12.0. The number of anilines is 1. The van der Waals surface area contributed by atoms with Crippen LogP contribution in [0.3, 0.4) is 0 Å². The second-order valence-electron chi connectivity index (χ2n) is 9.35. The van der Waals surface area contributed by atoms with E-state index in [1.807, 2.05) is 41.1 Å². The van der Waals surface area contributed by atoms with Gasteiger partial charge in [-0.25, -0.2) is 4.79 Å². The van der Waals surface area contributed by atoms with Crippen LogP contribution in [-0.4, -0.2) is 55.6 Å². The van der Waals surface area contributed by atoms with Crippen molar-refractivity contribution in [1.82, 2.24) is 29.4 Å². The van der Waals surface area contributed by atoms with Crippen molar-refractivity contribution in [1.29, 1.82) is 0 Å². The molecule has 10 nitrogen and oxygen atoms in total. The molecule has 3 aromatic heterocycles. The minimum Gasteiger partial charge on any atom is -0.361 e. The van der Waals surface area contributed by atoms with Crippen molar-refractivity contribution in [2.45, 2.75) is 25.3 Å². The molecule has 0 unspecified atom stereocenters. The molecule has 3 N–H and O–H groups in total. The van der Waals surface area contributed by atoms with Gasteiger partial charge in [0.25, 0.3) is 11.5 Å². The van der Waals surface area contributed by atoms with Crippen LogP contribution in [0.2, 0.25) is 0 Å². The van der Waals surface area contributed by atoms with Crippen LogP contribution in [-0.2, 0) is 13.0 Å². The minimum atomic E-state index is -0.372. The molecule has 1 fully saturated rings. The molecule has 36 heavy (non-hydrogen) atoms. The Kier molecular flexibility index (Phi) is 5.76. The van der Waals surface area contributed by atoms with E-state index in [9.17, 15) is 14.4 Å². The largest absolute Gasteiger partial charge is 0.361 e. The zero-order valence-electron chi connectivity index (χ0n) is 19.4. The van der Waals surface area contributed by atoms with Crippen molar-refractivity contribution >= 4 is 39.4 Å². The van der Waals surface area contributed by atoms with Gasteiger partial charge in [-0.15, -0.1) is 5.10 Å². The number of fused-ring (bicyclic) bond motifs is 5. The fourth-order valence-electron chi connectivity index (χ4n) is 5.39. The summed E-state index contributed by atoms with van der Waals surface area (Å²) in [6.45, 7) is 2.12. The first-order valence-corrected chi connectivity index (χ1v) is 12.8. The predicted octanol–water partition coefficient (Wildman–Crippen LogP) is 2.80. The maximum atomic E-state index is 13.1. The summed E-state index contributed by atoms with van der Waals surface area (Å²) in [5, 5.41) is 11.1. The molecule has 0 saturated carbocycles.